The first kappa shape index (κ1) is 12.2. The van der Waals surface area contributed by atoms with Crippen molar-refractivity contribution in [1.29, 1.82) is 0 Å². The van der Waals surface area contributed by atoms with Crippen LogP contribution in [0.2, 0.25) is 0 Å². The smallest absolute Gasteiger partial charge is 0.207 e. The zero-order valence-corrected chi connectivity index (χ0v) is 11.6. The molecule has 0 spiro atoms. The molecule has 1 aromatic carbocycles. The second-order valence-corrected chi connectivity index (χ2v) is 5.26. The van der Waals surface area contributed by atoms with Crippen LogP contribution in [0.25, 0.3) is 0 Å². The molecule has 1 N–H and O–H groups in total. The number of hydrogen-bond acceptors (Lipinski definition) is 2. The van der Waals surface area contributed by atoms with Gasteiger partial charge in [0, 0.05) is 23.4 Å². The van der Waals surface area contributed by atoms with Gasteiger partial charge in [0.25, 0.3) is 0 Å². The van der Waals surface area contributed by atoms with Crippen LogP contribution in [0.4, 0.5) is 11.6 Å². The summed E-state index contributed by atoms with van der Waals surface area (Å²) in [5.74, 6) is 1.48. The number of nitrogens with zero attached hydrogens (tertiary/aromatic N) is 2. The molecular formula is C13H16BrN3. The van der Waals surface area contributed by atoms with Gasteiger partial charge in [0.05, 0.1) is 5.69 Å². The van der Waals surface area contributed by atoms with Crippen molar-refractivity contribution in [1.82, 2.24) is 9.55 Å². The fourth-order valence-corrected chi connectivity index (χ4v) is 2.04. The molecule has 0 bridgehead atoms. The summed E-state index contributed by atoms with van der Waals surface area (Å²) in [6.07, 6.45) is 3.82. The molecule has 0 radical (unpaired) electrons. The van der Waals surface area contributed by atoms with E-state index in [1.54, 1.807) is 0 Å². The van der Waals surface area contributed by atoms with Crippen molar-refractivity contribution in [3.8, 4) is 0 Å². The van der Waals surface area contributed by atoms with E-state index in [1.807, 2.05) is 36.7 Å². The van der Waals surface area contributed by atoms with Crippen LogP contribution >= 0.6 is 15.9 Å². The van der Waals surface area contributed by atoms with Crippen LogP contribution in [0.15, 0.2) is 41.1 Å². The molecule has 2 rings (SSSR count). The highest BCUT2D eigenvalue weighted by Gasteiger charge is 2.06. The van der Waals surface area contributed by atoms with Gasteiger partial charge < -0.3 is 9.88 Å². The van der Waals surface area contributed by atoms with Gasteiger partial charge >= 0.3 is 0 Å². The zero-order valence-electron chi connectivity index (χ0n) is 10.0. The number of nitrogens with one attached hydrogen (secondary N) is 1. The van der Waals surface area contributed by atoms with E-state index < -0.39 is 0 Å². The van der Waals surface area contributed by atoms with Gasteiger partial charge in [-0.2, -0.15) is 0 Å². The molecule has 90 valence electrons. The summed E-state index contributed by atoms with van der Waals surface area (Å²) < 4.78 is 3.17. The maximum atomic E-state index is 4.34. The first-order chi connectivity index (χ1) is 8.16. The fourth-order valence-electron chi connectivity index (χ4n) is 1.66. The number of anilines is 2. The second-order valence-electron chi connectivity index (χ2n) is 4.40. The molecule has 0 fully saturated rings. The van der Waals surface area contributed by atoms with E-state index in [0.29, 0.717) is 5.92 Å². The Morgan fingerprint density at radius 3 is 2.82 bits per heavy atom. The minimum Gasteiger partial charge on any atom is -0.325 e. The van der Waals surface area contributed by atoms with E-state index in [1.165, 1.54) is 0 Å². The molecular weight excluding hydrogens is 278 g/mol. The Morgan fingerprint density at radius 2 is 2.12 bits per heavy atom. The number of para-hydroxylation sites is 1. The zero-order chi connectivity index (χ0) is 12.3. The maximum Gasteiger partial charge on any atom is 0.207 e. The highest BCUT2D eigenvalue weighted by Crippen LogP contribution is 2.24. The van der Waals surface area contributed by atoms with Crippen molar-refractivity contribution < 1.29 is 0 Å². The Bertz CT molecular complexity index is 491. The van der Waals surface area contributed by atoms with E-state index in [4.69, 9.17) is 0 Å². The maximum absolute atomic E-state index is 4.34. The summed E-state index contributed by atoms with van der Waals surface area (Å²) >= 11 is 3.52. The minimum atomic E-state index is 0.601. The Labute approximate surface area is 110 Å². The van der Waals surface area contributed by atoms with E-state index in [-0.39, 0.29) is 0 Å². The van der Waals surface area contributed by atoms with Crippen molar-refractivity contribution >= 4 is 27.6 Å². The Morgan fingerprint density at radius 1 is 1.35 bits per heavy atom. The Hall–Kier alpha value is -1.29. The predicted octanol–water partition coefficient (Wildman–Crippen LogP) is 4.05. The Balaban J connectivity index is 2.19. The van der Waals surface area contributed by atoms with Crippen molar-refractivity contribution in [3.63, 3.8) is 0 Å². The van der Waals surface area contributed by atoms with Gasteiger partial charge in [0.15, 0.2) is 0 Å². The molecule has 0 saturated carbocycles. The molecule has 0 unspecified atom stereocenters. The van der Waals surface area contributed by atoms with E-state index in [9.17, 15) is 0 Å². The minimum absolute atomic E-state index is 0.601. The SMILES string of the molecule is CC(C)Cn1ccnc1Nc1ccccc1Br. The van der Waals surface area contributed by atoms with Gasteiger partial charge in [0.2, 0.25) is 5.95 Å². The molecule has 0 saturated heterocycles. The van der Waals surface area contributed by atoms with Crippen molar-refractivity contribution in [2.75, 3.05) is 5.32 Å². The van der Waals surface area contributed by atoms with Crippen LogP contribution in [0.5, 0.6) is 0 Å². The number of halogens is 1. The van der Waals surface area contributed by atoms with Gasteiger partial charge in [-0.1, -0.05) is 26.0 Å². The first-order valence-corrected chi connectivity index (χ1v) is 6.49. The second kappa shape index (κ2) is 5.36. The number of imidazole rings is 1. The molecule has 1 aromatic heterocycles. The fraction of sp³-hybridized carbons (Fsp3) is 0.308. The quantitative estimate of drug-likeness (QED) is 0.922. The third-order valence-corrected chi connectivity index (χ3v) is 3.09. The Kier molecular flexibility index (Phi) is 3.84. The number of rotatable bonds is 4. The predicted molar refractivity (Wildman–Crippen MR) is 74.5 cm³/mol. The van der Waals surface area contributed by atoms with Crippen LogP contribution in [-0.4, -0.2) is 9.55 Å². The van der Waals surface area contributed by atoms with Crippen LogP contribution in [-0.2, 0) is 6.54 Å². The van der Waals surface area contributed by atoms with Crippen molar-refractivity contribution in [2.45, 2.75) is 20.4 Å². The molecule has 4 heteroatoms. The van der Waals surface area contributed by atoms with E-state index in [2.05, 4.69) is 44.6 Å². The molecule has 0 aliphatic carbocycles. The highest BCUT2D eigenvalue weighted by molar-refractivity contribution is 9.10. The average molecular weight is 294 g/mol. The lowest BCUT2D eigenvalue weighted by atomic mass is 10.2. The number of hydrogen-bond donors (Lipinski definition) is 1. The van der Waals surface area contributed by atoms with Gasteiger partial charge in [-0.25, -0.2) is 4.98 Å². The largest absolute Gasteiger partial charge is 0.325 e. The van der Waals surface area contributed by atoms with Crippen molar-refractivity contribution in [2.24, 2.45) is 5.92 Å². The highest BCUT2D eigenvalue weighted by atomic mass is 79.9. The van der Waals surface area contributed by atoms with Crippen LogP contribution in [0.3, 0.4) is 0 Å². The van der Waals surface area contributed by atoms with Gasteiger partial charge in [-0.15, -0.1) is 0 Å². The summed E-state index contributed by atoms with van der Waals surface area (Å²) in [5, 5.41) is 3.33. The van der Waals surface area contributed by atoms with E-state index in [0.717, 1.165) is 22.7 Å². The van der Waals surface area contributed by atoms with Gasteiger partial charge in [-0.3, -0.25) is 0 Å². The molecule has 3 nitrogen and oxygen atoms in total. The summed E-state index contributed by atoms with van der Waals surface area (Å²) in [6.45, 7) is 5.36. The topological polar surface area (TPSA) is 29.9 Å². The lowest BCUT2D eigenvalue weighted by Crippen LogP contribution is -2.07. The molecule has 17 heavy (non-hydrogen) atoms. The summed E-state index contributed by atoms with van der Waals surface area (Å²) in [5.41, 5.74) is 1.03. The molecule has 1 heterocycles. The number of aromatic nitrogens is 2. The van der Waals surface area contributed by atoms with Crippen molar-refractivity contribution in [3.05, 3.63) is 41.1 Å². The summed E-state index contributed by atoms with van der Waals surface area (Å²) in [6, 6.07) is 8.04. The van der Waals surface area contributed by atoms with Gasteiger partial charge in [0.1, 0.15) is 0 Å². The van der Waals surface area contributed by atoms with Crippen LogP contribution in [0, 0.1) is 5.92 Å². The molecule has 0 aliphatic heterocycles. The third kappa shape index (κ3) is 3.09. The lowest BCUT2D eigenvalue weighted by Gasteiger charge is -2.12. The van der Waals surface area contributed by atoms with Gasteiger partial charge in [-0.05, 0) is 34.0 Å². The van der Waals surface area contributed by atoms with Crippen LogP contribution < -0.4 is 5.32 Å². The van der Waals surface area contributed by atoms with Crippen LogP contribution in [0.1, 0.15) is 13.8 Å². The summed E-state index contributed by atoms with van der Waals surface area (Å²) in [4.78, 5) is 4.34. The average Bonchev–Trinajstić information content (AvgIpc) is 2.68. The first-order valence-electron chi connectivity index (χ1n) is 5.69. The molecule has 0 amide bonds. The standard InChI is InChI=1S/C13H16BrN3/c1-10(2)9-17-8-7-15-13(17)16-12-6-4-3-5-11(12)14/h3-8,10H,9H2,1-2H3,(H,15,16). The third-order valence-electron chi connectivity index (χ3n) is 2.40. The molecule has 2 aromatic rings. The molecule has 0 aliphatic rings. The summed E-state index contributed by atoms with van der Waals surface area (Å²) in [7, 11) is 0. The van der Waals surface area contributed by atoms with E-state index >= 15 is 0 Å². The number of benzene rings is 1. The monoisotopic (exact) mass is 293 g/mol. The normalized spacial score (nSPS) is 10.8. The molecule has 0 atom stereocenters. The lowest BCUT2D eigenvalue weighted by molar-refractivity contribution is 0.527.